The number of aromatic nitrogens is 4. The maximum atomic E-state index is 5.03. The molecule has 28 heavy (non-hydrogen) atoms. The van der Waals surface area contributed by atoms with Crippen molar-refractivity contribution >= 4 is 28.5 Å². The van der Waals surface area contributed by atoms with Gasteiger partial charge in [-0.15, -0.1) is 0 Å². The maximum Gasteiger partial charge on any atom is 0.172 e. The summed E-state index contributed by atoms with van der Waals surface area (Å²) in [6, 6.07) is 10.2. The summed E-state index contributed by atoms with van der Waals surface area (Å²) in [6.07, 6.45) is 4.11. The minimum absolute atomic E-state index is 0.914. The van der Waals surface area contributed by atoms with Crippen molar-refractivity contribution in [2.75, 3.05) is 54.0 Å². The number of hydrogen-bond acceptors (Lipinski definition) is 7. The van der Waals surface area contributed by atoms with Gasteiger partial charge < -0.3 is 14.7 Å². The smallest absolute Gasteiger partial charge is 0.172 e. The Balaban J connectivity index is 1.43. The molecule has 0 spiro atoms. The lowest BCUT2D eigenvalue weighted by Crippen LogP contribution is -2.47. The van der Waals surface area contributed by atoms with Gasteiger partial charge in [-0.1, -0.05) is 12.1 Å². The van der Waals surface area contributed by atoms with E-state index >= 15 is 0 Å². The van der Waals surface area contributed by atoms with Crippen LogP contribution in [0.25, 0.3) is 11.0 Å². The van der Waals surface area contributed by atoms with Gasteiger partial charge in [-0.3, -0.25) is 0 Å². The molecule has 2 aromatic heterocycles. The highest BCUT2D eigenvalue weighted by atomic mass is 15.3. The van der Waals surface area contributed by atoms with Gasteiger partial charge in [0.05, 0.1) is 11.0 Å². The molecule has 2 aliphatic heterocycles. The first-order valence-corrected chi connectivity index (χ1v) is 10.1. The third-order valence-electron chi connectivity index (χ3n) is 5.63. The molecule has 0 radical (unpaired) electrons. The Morgan fingerprint density at radius 1 is 0.714 bits per heavy atom. The van der Waals surface area contributed by atoms with Crippen LogP contribution in [0.15, 0.2) is 36.7 Å². The molecule has 1 aromatic carbocycles. The van der Waals surface area contributed by atoms with Crippen molar-refractivity contribution in [3.8, 4) is 0 Å². The molecule has 4 heterocycles. The number of nitrogens with zero attached hydrogens (tertiary/aromatic N) is 7. The summed E-state index contributed by atoms with van der Waals surface area (Å²) in [4.78, 5) is 25.8. The number of para-hydroxylation sites is 2. The lowest BCUT2D eigenvalue weighted by atomic mass is 10.2. The molecule has 7 nitrogen and oxygen atoms in total. The number of anilines is 3. The molecule has 5 rings (SSSR count). The fourth-order valence-electron chi connectivity index (χ4n) is 4.10. The van der Waals surface area contributed by atoms with Crippen molar-refractivity contribution in [2.45, 2.75) is 19.8 Å². The van der Waals surface area contributed by atoms with Crippen LogP contribution >= 0.6 is 0 Å². The summed E-state index contributed by atoms with van der Waals surface area (Å²) < 4.78 is 0. The van der Waals surface area contributed by atoms with Crippen molar-refractivity contribution in [2.24, 2.45) is 0 Å². The molecule has 0 saturated carbocycles. The third-order valence-corrected chi connectivity index (χ3v) is 5.63. The van der Waals surface area contributed by atoms with Crippen molar-refractivity contribution < 1.29 is 0 Å². The predicted octanol–water partition coefficient (Wildman–Crippen LogP) is 2.66. The van der Waals surface area contributed by atoms with Crippen LogP contribution < -0.4 is 14.7 Å². The van der Waals surface area contributed by atoms with Crippen molar-refractivity contribution in [1.29, 1.82) is 0 Å². The van der Waals surface area contributed by atoms with Gasteiger partial charge in [-0.2, -0.15) is 0 Å². The van der Waals surface area contributed by atoms with E-state index in [1.165, 1.54) is 12.8 Å². The monoisotopic (exact) mass is 375 g/mol. The maximum absolute atomic E-state index is 5.03. The molecule has 3 aromatic rings. The highest BCUT2D eigenvalue weighted by Gasteiger charge is 2.26. The Morgan fingerprint density at radius 3 is 1.89 bits per heavy atom. The molecule has 0 N–H and O–H groups in total. The summed E-state index contributed by atoms with van der Waals surface area (Å²) >= 11 is 0. The highest BCUT2D eigenvalue weighted by Crippen LogP contribution is 2.31. The molecule has 0 aliphatic carbocycles. The van der Waals surface area contributed by atoms with E-state index in [-0.39, 0.29) is 0 Å². The van der Waals surface area contributed by atoms with Gasteiger partial charge in [0.25, 0.3) is 0 Å². The second kappa shape index (κ2) is 7.22. The van der Waals surface area contributed by atoms with E-state index in [9.17, 15) is 0 Å². The second-order valence-corrected chi connectivity index (χ2v) is 7.55. The van der Waals surface area contributed by atoms with Crippen LogP contribution in [0.4, 0.5) is 17.5 Å². The zero-order chi connectivity index (χ0) is 18.9. The van der Waals surface area contributed by atoms with Crippen molar-refractivity contribution in [1.82, 2.24) is 19.9 Å². The van der Waals surface area contributed by atoms with Crippen LogP contribution in [0, 0.1) is 6.92 Å². The fraction of sp³-hybridized carbons (Fsp3) is 0.429. The Labute approximate surface area is 165 Å². The first-order valence-electron chi connectivity index (χ1n) is 10.1. The molecule has 0 bridgehead atoms. The average Bonchev–Trinajstić information content (AvgIpc) is 3.28. The molecule has 2 aliphatic rings. The van der Waals surface area contributed by atoms with Gasteiger partial charge in [0, 0.05) is 51.0 Å². The number of aryl methyl sites for hydroxylation is 1. The molecule has 0 atom stereocenters. The minimum atomic E-state index is 0.914. The van der Waals surface area contributed by atoms with E-state index in [1.807, 2.05) is 19.1 Å². The van der Waals surface area contributed by atoms with Crippen LogP contribution in [-0.4, -0.2) is 59.2 Å². The minimum Gasteiger partial charge on any atom is -0.354 e. The molecule has 0 amide bonds. The second-order valence-electron chi connectivity index (χ2n) is 7.55. The topological polar surface area (TPSA) is 61.3 Å². The van der Waals surface area contributed by atoms with Gasteiger partial charge in [0.15, 0.2) is 11.6 Å². The SMILES string of the molecule is Cc1cc(N2CCN(c3nc4ccccc4nc3N3CCCC3)CC2)ncn1. The van der Waals surface area contributed by atoms with Crippen LogP contribution in [-0.2, 0) is 0 Å². The van der Waals surface area contributed by atoms with E-state index in [1.54, 1.807) is 6.33 Å². The standard InChI is InChI=1S/C21H25N7/c1-16-14-19(23-15-22-16)26-10-12-28(13-11-26)21-20(27-8-4-5-9-27)24-17-6-2-3-7-18(17)25-21/h2-3,6-7,14-15H,4-5,8-13H2,1H3. The highest BCUT2D eigenvalue weighted by molar-refractivity contribution is 5.81. The van der Waals surface area contributed by atoms with E-state index in [0.29, 0.717) is 0 Å². The first-order chi connectivity index (χ1) is 13.8. The van der Waals surface area contributed by atoms with Gasteiger partial charge in [-0.05, 0) is 31.9 Å². The number of fused-ring (bicyclic) bond motifs is 1. The summed E-state index contributed by atoms with van der Waals surface area (Å²) in [5.74, 6) is 3.08. The Bertz CT molecular complexity index is 975. The number of rotatable bonds is 3. The van der Waals surface area contributed by atoms with Gasteiger partial charge >= 0.3 is 0 Å². The zero-order valence-corrected chi connectivity index (χ0v) is 16.3. The molecule has 2 saturated heterocycles. The molecule has 0 unspecified atom stereocenters. The lowest BCUT2D eigenvalue weighted by molar-refractivity contribution is 0.639. The van der Waals surface area contributed by atoms with Crippen LogP contribution in [0.5, 0.6) is 0 Å². The Kier molecular flexibility index (Phi) is 4.43. The molecular weight excluding hydrogens is 350 g/mol. The van der Waals surface area contributed by atoms with Gasteiger partial charge in [0.2, 0.25) is 0 Å². The average molecular weight is 375 g/mol. The Hall–Kier alpha value is -2.96. The van der Waals surface area contributed by atoms with Crippen LogP contribution in [0.3, 0.4) is 0 Å². The number of benzene rings is 1. The summed E-state index contributed by atoms with van der Waals surface area (Å²) in [5, 5.41) is 0. The summed E-state index contributed by atoms with van der Waals surface area (Å²) in [6.45, 7) is 7.82. The van der Waals surface area contributed by atoms with Gasteiger partial charge in [-0.25, -0.2) is 19.9 Å². The Morgan fingerprint density at radius 2 is 1.29 bits per heavy atom. The van der Waals surface area contributed by atoms with E-state index < -0.39 is 0 Å². The summed E-state index contributed by atoms with van der Waals surface area (Å²) in [7, 11) is 0. The molecule has 2 fully saturated rings. The van der Waals surface area contributed by atoms with E-state index in [2.05, 4.69) is 42.9 Å². The molecular formula is C21H25N7. The quantitative estimate of drug-likeness (QED) is 0.697. The van der Waals surface area contributed by atoms with E-state index in [4.69, 9.17) is 9.97 Å². The normalized spacial score (nSPS) is 17.5. The third kappa shape index (κ3) is 3.21. The fourth-order valence-corrected chi connectivity index (χ4v) is 4.10. The molecule has 144 valence electrons. The largest absolute Gasteiger partial charge is 0.354 e. The predicted molar refractivity (Wildman–Crippen MR) is 112 cm³/mol. The van der Waals surface area contributed by atoms with Crippen molar-refractivity contribution in [3.05, 3.63) is 42.4 Å². The summed E-state index contributed by atoms with van der Waals surface area (Å²) in [5.41, 5.74) is 2.95. The number of piperazine rings is 1. The van der Waals surface area contributed by atoms with Crippen LogP contribution in [0.1, 0.15) is 18.5 Å². The van der Waals surface area contributed by atoms with E-state index in [0.717, 1.165) is 73.4 Å². The van der Waals surface area contributed by atoms with Crippen molar-refractivity contribution in [3.63, 3.8) is 0 Å². The first kappa shape index (κ1) is 17.2. The van der Waals surface area contributed by atoms with Crippen LogP contribution in [0.2, 0.25) is 0 Å². The zero-order valence-electron chi connectivity index (χ0n) is 16.3. The van der Waals surface area contributed by atoms with Gasteiger partial charge in [0.1, 0.15) is 12.1 Å². The number of hydrogen-bond donors (Lipinski definition) is 0. The molecule has 7 heteroatoms. The lowest BCUT2D eigenvalue weighted by Gasteiger charge is -2.37.